The topological polar surface area (TPSA) is 45.7 Å². The van der Waals surface area contributed by atoms with Gasteiger partial charge in [0.05, 0.1) is 6.61 Å². The molecule has 1 rings (SSSR count). The van der Waals surface area contributed by atoms with Gasteiger partial charge in [0, 0.05) is 26.2 Å². The number of aliphatic imine (C=N–C) groups is 1. The normalized spacial score (nSPS) is 11.1. The minimum absolute atomic E-state index is 0. The van der Waals surface area contributed by atoms with Crippen molar-refractivity contribution in [3.8, 4) is 5.75 Å². The first-order valence-corrected chi connectivity index (χ1v) is 7.67. The molecule has 0 spiro atoms. The van der Waals surface area contributed by atoms with Crippen LogP contribution in [-0.4, -0.2) is 26.7 Å². The molecule has 0 saturated carbocycles. The minimum atomic E-state index is 0. The molecule has 0 aliphatic carbocycles. The number of halogens is 1. The zero-order valence-electron chi connectivity index (χ0n) is 14.4. The van der Waals surface area contributed by atoms with Crippen molar-refractivity contribution >= 4 is 29.9 Å². The fraction of sp³-hybridized carbons (Fsp3) is 0.588. The highest BCUT2D eigenvalue weighted by molar-refractivity contribution is 14.0. The summed E-state index contributed by atoms with van der Waals surface area (Å²) in [5.41, 5.74) is 2.37. The first-order chi connectivity index (χ1) is 10.1. The van der Waals surface area contributed by atoms with E-state index in [4.69, 9.17) is 4.74 Å². The van der Waals surface area contributed by atoms with Gasteiger partial charge in [-0.3, -0.25) is 4.99 Å². The summed E-state index contributed by atoms with van der Waals surface area (Å²) < 4.78 is 5.97. The molecule has 0 heterocycles. The zero-order valence-corrected chi connectivity index (χ0v) is 16.7. The lowest BCUT2D eigenvalue weighted by Crippen LogP contribution is -2.34. The van der Waals surface area contributed by atoms with E-state index < -0.39 is 0 Å². The van der Waals surface area contributed by atoms with Gasteiger partial charge in [-0.15, -0.1) is 24.0 Å². The van der Waals surface area contributed by atoms with E-state index in [1.807, 2.05) is 7.05 Å². The number of hydrogen-bond donors (Lipinski definition) is 2. The molecule has 0 atom stereocenters. The monoisotopic (exact) mass is 419 g/mol. The summed E-state index contributed by atoms with van der Waals surface area (Å²) in [5, 5.41) is 6.28. The van der Waals surface area contributed by atoms with Gasteiger partial charge in [-0.1, -0.05) is 26.0 Å². The SMILES string of the molecule is CN=C(NC)NCc1ccc(C)cc1OCCCC(C)C.I. The summed E-state index contributed by atoms with van der Waals surface area (Å²) in [6.45, 7) is 8.05. The Bertz CT molecular complexity index is 461. The van der Waals surface area contributed by atoms with Crippen LogP contribution in [0.1, 0.15) is 37.8 Å². The lowest BCUT2D eigenvalue weighted by Gasteiger charge is -2.15. The second kappa shape index (κ2) is 11.6. The van der Waals surface area contributed by atoms with Crippen LogP contribution in [0.15, 0.2) is 23.2 Å². The third-order valence-electron chi connectivity index (χ3n) is 3.31. The molecule has 0 unspecified atom stereocenters. The number of aryl methyl sites for hydroxylation is 1. The molecule has 4 nitrogen and oxygen atoms in total. The lowest BCUT2D eigenvalue weighted by atomic mass is 10.1. The summed E-state index contributed by atoms with van der Waals surface area (Å²) in [4.78, 5) is 4.12. The molecule has 5 heteroatoms. The molecule has 0 radical (unpaired) electrons. The Kier molecular flexibility index (Phi) is 11.1. The van der Waals surface area contributed by atoms with Gasteiger partial charge in [0.25, 0.3) is 0 Å². The Morgan fingerprint density at radius 1 is 1.32 bits per heavy atom. The van der Waals surface area contributed by atoms with Gasteiger partial charge in [0.15, 0.2) is 5.96 Å². The summed E-state index contributed by atoms with van der Waals surface area (Å²) >= 11 is 0. The Morgan fingerprint density at radius 2 is 2.05 bits per heavy atom. The van der Waals surface area contributed by atoms with Gasteiger partial charge >= 0.3 is 0 Å². The second-order valence-electron chi connectivity index (χ2n) is 5.67. The summed E-state index contributed by atoms with van der Waals surface area (Å²) in [7, 11) is 3.62. The van der Waals surface area contributed by atoms with Crippen LogP contribution in [0.25, 0.3) is 0 Å². The largest absolute Gasteiger partial charge is 0.493 e. The minimum Gasteiger partial charge on any atom is -0.493 e. The summed E-state index contributed by atoms with van der Waals surface area (Å²) in [6.07, 6.45) is 2.29. The van der Waals surface area contributed by atoms with E-state index in [0.717, 1.165) is 36.2 Å². The molecule has 0 aromatic heterocycles. The highest BCUT2D eigenvalue weighted by Crippen LogP contribution is 2.21. The lowest BCUT2D eigenvalue weighted by molar-refractivity contribution is 0.294. The van der Waals surface area contributed by atoms with Crippen molar-refractivity contribution in [2.45, 2.75) is 40.2 Å². The van der Waals surface area contributed by atoms with E-state index in [-0.39, 0.29) is 24.0 Å². The number of hydrogen-bond acceptors (Lipinski definition) is 2. The highest BCUT2D eigenvalue weighted by atomic mass is 127. The van der Waals surface area contributed by atoms with Crippen molar-refractivity contribution in [3.63, 3.8) is 0 Å². The molecule has 22 heavy (non-hydrogen) atoms. The maximum atomic E-state index is 5.97. The molecule has 126 valence electrons. The van der Waals surface area contributed by atoms with Crippen LogP contribution in [0.3, 0.4) is 0 Å². The van der Waals surface area contributed by atoms with Crippen molar-refractivity contribution in [1.82, 2.24) is 10.6 Å². The molecular weight excluding hydrogens is 389 g/mol. The van der Waals surface area contributed by atoms with E-state index >= 15 is 0 Å². The van der Waals surface area contributed by atoms with E-state index in [1.165, 1.54) is 12.0 Å². The molecule has 0 aliphatic rings. The molecule has 2 N–H and O–H groups in total. The van der Waals surface area contributed by atoms with Gasteiger partial charge in [0.2, 0.25) is 0 Å². The van der Waals surface area contributed by atoms with Crippen LogP contribution >= 0.6 is 24.0 Å². The van der Waals surface area contributed by atoms with Crippen LogP contribution in [0.4, 0.5) is 0 Å². The van der Waals surface area contributed by atoms with Crippen molar-refractivity contribution in [2.24, 2.45) is 10.9 Å². The van der Waals surface area contributed by atoms with Crippen molar-refractivity contribution in [1.29, 1.82) is 0 Å². The highest BCUT2D eigenvalue weighted by Gasteiger charge is 2.05. The van der Waals surface area contributed by atoms with Gasteiger partial charge < -0.3 is 15.4 Å². The Morgan fingerprint density at radius 3 is 2.64 bits per heavy atom. The van der Waals surface area contributed by atoms with Gasteiger partial charge in [0.1, 0.15) is 5.75 Å². The van der Waals surface area contributed by atoms with Crippen LogP contribution in [0, 0.1) is 12.8 Å². The fourth-order valence-corrected chi connectivity index (χ4v) is 2.07. The van der Waals surface area contributed by atoms with E-state index in [9.17, 15) is 0 Å². The maximum Gasteiger partial charge on any atom is 0.190 e. The van der Waals surface area contributed by atoms with Crippen LogP contribution in [0.2, 0.25) is 0 Å². The van der Waals surface area contributed by atoms with Crippen LogP contribution < -0.4 is 15.4 Å². The van der Waals surface area contributed by atoms with Gasteiger partial charge in [-0.2, -0.15) is 0 Å². The zero-order chi connectivity index (χ0) is 15.7. The van der Waals surface area contributed by atoms with Crippen molar-refractivity contribution in [2.75, 3.05) is 20.7 Å². The van der Waals surface area contributed by atoms with Crippen LogP contribution in [0.5, 0.6) is 5.75 Å². The predicted molar refractivity (Wildman–Crippen MR) is 105 cm³/mol. The molecule has 0 amide bonds. The Balaban J connectivity index is 0.00000441. The second-order valence-corrected chi connectivity index (χ2v) is 5.67. The number of guanidine groups is 1. The first-order valence-electron chi connectivity index (χ1n) is 7.67. The van der Waals surface area contributed by atoms with Crippen molar-refractivity contribution < 1.29 is 4.74 Å². The molecule has 1 aromatic rings. The number of rotatable bonds is 7. The predicted octanol–water partition coefficient (Wildman–Crippen LogP) is 3.72. The van der Waals surface area contributed by atoms with E-state index in [1.54, 1.807) is 7.05 Å². The first kappa shape index (κ1) is 21.0. The molecule has 1 aromatic carbocycles. The third kappa shape index (κ3) is 7.87. The van der Waals surface area contributed by atoms with Gasteiger partial charge in [-0.05, 0) is 37.3 Å². The smallest absolute Gasteiger partial charge is 0.190 e. The molecule has 0 fully saturated rings. The Labute approximate surface area is 152 Å². The van der Waals surface area contributed by atoms with E-state index in [2.05, 4.69) is 54.6 Å². The average molecular weight is 419 g/mol. The summed E-state index contributed by atoms with van der Waals surface area (Å²) in [5.74, 6) is 2.48. The number of nitrogens with zero attached hydrogens (tertiary/aromatic N) is 1. The van der Waals surface area contributed by atoms with Crippen molar-refractivity contribution in [3.05, 3.63) is 29.3 Å². The fourth-order valence-electron chi connectivity index (χ4n) is 2.07. The quantitative estimate of drug-likeness (QED) is 0.307. The summed E-state index contributed by atoms with van der Waals surface area (Å²) in [6, 6.07) is 6.33. The van der Waals surface area contributed by atoms with Gasteiger partial charge in [-0.25, -0.2) is 0 Å². The standard InChI is InChI=1S/C17H29N3O.HI/c1-13(2)7-6-10-21-16-11-14(3)8-9-15(16)12-20-17(18-4)19-5;/h8-9,11,13H,6-7,10,12H2,1-5H3,(H2,18,19,20);1H. The van der Waals surface area contributed by atoms with E-state index in [0.29, 0.717) is 6.54 Å². The molecular formula is C17H30IN3O. The third-order valence-corrected chi connectivity index (χ3v) is 3.31. The molecule has 0 aliphatic heterocycles. The number of benzene rings is 1. The number of ether oxygens (including phenoxy) is 1. The number of nitrogens with one attached hydrogen (secondary N) is 2. The average Bonchev–Trinajstić information content (AvgIpc) is 2.46. The molecule has 0 saturated heterocycles. The van der Waals surface area contributed by atoms with Crippen LogP contribution in [-0.2, 0) is 6.54 Å². The maximum absolute atomic E-state index is 5.97. The Hall–Kier alpha value is -0.980. The molecule has 0 bridgehead atoms.